The number of H-pyrrole nitrogens is 1. The van der Waals surface area contributed by atoms with Gasteiger partial charge in [-0.15, -0.1) is 0 Å². The number of anilines is 2. The number of hydrogen-bond donors (Lipinski definition) is 1. The van der Waals surface area contributed by atoms with Crippen LogP contribution in [-0.4, -0.2) is 41.1 Å². The van der Waals surface area contributed by atoms with Crippen LogP contribution in [0.1, 0.15) is 5.56 Å². The Morgan fingerprint density at radius 3 is 2.48 bits per heavy atom. The summed E-state index contributed by atoms with van der Waals surface area (Å²) >= 11 is 0. The normalized spacial score (nSPS) is 15.8. The highest BCUT2D eigenvalue weighted by Crippen LogP contribution is 2.32. The Bertz CT molecular complexity index is 881. The molecule has 2 aromatic heterocycles. The van der Waals surface area contributed by atoms with Crippen LogP contribution in [0.2, 0.25) is 0 Å². The number of hydrogen-bond acceptors (Lipinski definition) is 4. The van der Waals surface area contributed by atoms with Crippen molar-refractivity contribution >= 4 is 22.5 Å². The molecule has 0 amide bonds. The summed E-state index contributed by atoms with van der Waals surface area (Å²) in [6.07, 6.45) is -0.978. The van der Waals surface area contributed by atoms with Crippen molar-refractivity contribution in [2.45, 2.75) is 6.18 Å². The van der Waals surface area contributed by atoms with Gasteiger partial charge in [-0.1, -0.05) is 6.07 Å². The van der Waals surface area contributed by atoms with Crippen molar-refractivity contribution in [3.8, 4) is 0 Å². The highest BCUT2D eigenvalue weighted by Gasteiger charge is 2.31. The van der Waals surface area contributed by atoms with Crippen molar-refractivity contribution < 1.29 is 13.2 Å². The lowest BCUT2D eigenvalue weighted by atomic mass is 10.1. The molecule has 0 bridgehead atoms. The predicted octanol–water partition coefficient (Wildman–Crippen LogP) is 3.30. The maximum Gasteiger partial charge on any atom is 0.416 e. The van der Waals surface area contributed by atoms with E-state index in [1.165, 1.54) is 18.5 Å². The van der Waals surface area contributed by atoms with E-state index in [4.69, 9.17) is 0 Å². The number of halogens is 3. The molecule has 4 rings (SSSR count). The van der Waals surface area contributed by atoms with Crippen molar-refractivity contribution in [3.63, 3.8) is 0 Å². The molecule has 3 aromatic rings. The molecule has 1 aliphatic heterocycles. The zero-order valence-corrected chi connectivity index (χ0v) is 13.3. The average molecular weight is 347 g/mol. The summed E-state index contributed by atoms with van der Waals surface area (Å²) in [5.74, 6) is 0.856. The molecule has 0 atom stereocenters. The van der Waals surface area contributed by atoms with Gasteiger partial charge in [-0.3, -0.25) is 0 Å². The predicted molar refractivity (Wildman–Crippen MR) is 89.8 cm³/mol. The molecule has 0 aliphatic carbocycles. The number of nitrogens with zero attached hydrogens (tertiary/aromatic N) is 4. The molecular weight excluding hydrogens is 331 g/mol. The fourth-order valence-electron chi connectivity index (χ4n) is 3.17. The van der Waals surface area contributed by atoms with E-state index in [0.717, 1.165) is 22.9 Å². The molecule has 130 valence electrons. The number of piperazine rings is 1. The lowest BCUT2D eigenvalue weighted by molar-refractivity contribution is -0.137. The Morgan fingerprint density at radius 1 is 0.960 bits per heavy atom. The standard InChI is InChI=1S/C17H16F3N5/c18-17(19,20)12-2-1-3-13(10-12)24-6-8-25(9-7-24)16-14-4-5-21-15(14)22-11-23-16/h1-5,10-11H,6-9H2,(H,21,22,23). The smallest absolute Gasteiger partial charge is 0.368 e. The van der Waals surface area contributed by atoms with E-state index in [2.05, 4.69) is 19.9 Å². The molecular formula is C17H16F3N5. The topological polar surface area (TPSA) is 48.1 Å². The van der Waals surface area contributed by atoms with E-state index in [-0.39, 0.29) is 0 Å². The molecule has 1 N–H and O–H groups in total. The summed E-state index contributed by atoms with van der Waals surface area (Å²) in [5.41, 5.74) is 0.770. The molecule has 1 fully saturated rings. The molecule has 0 spiro atoms. The summed E-state index contributed by atoms with van der Waals surface area (Å²) in [5, 5.41) is 0.954. The van der Waals surface area contributed by atoms with Crippen LogP contribution in [0.15, 0.2) is 42.9 Å². The number of aromatic amines is 1. The number of fused-ring (bicyclic) bond motifs is 1. The number of alkyl halides is 3. The summed E-state index contributed by atoms with van der Waals surface area (Å²) in [6, 6.07) is 7.43. The molecule has 1 aromatic carbocycles. The Kier molecular flexibility index (Phi) is 3.74. The molecule has 1 saturated heterocycles. The Hall–Kier alpha value is -2.77. The maximum atomic E-state index is 12.9. The summed E-state index contributed by atoms with van der Waals surface area (Å²) in [4.78, 5) is 15.7. The van der Waals surface area contributed by atoms with Gasteiger partial charge in [0, 0.05) is 38.1 Å². The van der Waals surface area contributed by atoms with Crippen molar-refractivity contribution in [1.29, 1.82) is 0 Å². The molecule has 8 heteroatoms. The summed E-state index contributed by atoms with van der Waals surface area (Å²) < 4.78 is 38.7. The van der Waals surface area contributed by atoms with Crippen molar-refractivity contribution in [2.24, 2.45) is 0 Å². The van der Waals surface area contributed by atoms with Gasteiger partial charge in [0.15, 0.2) is 0 Å². The zero-order chi connectivity index (χ0) is 17.4. The number of aromatic nitrogens is 3. The molecule has 25 heavy (non-hydrogen) atoms. The van der Waals surface area contributed by atoms with Gasteiger partial charge < -0.3 is 14.8 Å². The van der Waals surface area contributed by atoms with Crippen LogP contribution in [0.3, 0.4) is 0 Å². The molecule has 0 saturated carbocycles. The third kappa shape index (κ3) is 2.99. The van der Waals surface area contributed by atoms with Gasteiger partial charge in [-0.05, 0) is 24.3 Å². The van der Waals surface area contributed by atoms with Crippen LogP contribution in [0.5, 0.6) is 0 Å². The zero-order valence-electron chi connectivity index (χ0n) is 13.3. The fraction of sp³-hybridized carbons (Fsp3) is 0.294. The second kappa shape index (κ2) is 5.94. The minimum absolute atomic E-state index is 0.601. The SMILES string of the molecule is FC(F)(F)c1cccc(N2CCN(c3ncnc4[nH]ccc34)CC2)c1. The first-order valence-corrected chi connectivity index (χ1v) is 7.97. The van der Waals surface area contributed by atoms with E-state index >= 15 is 0 Å². The third-order valence-electron chi connectivity index (χ3n) is 4.45. The largest absolute Gasteiger partial charge is 0.416 e. The first-order valence-electron chi connectivity index (χ1n) is 7.97. The molecule has 3 heterocycles. The minimum atomic E-state index is -4.32. The molecule has 5 nitrogen and oxygen atoms in total. The second-order valence-corrected chi connectivity index (χ2v) is 5.96. The fourth-order valence-corrected chi connectivity index (χ4v) is 3.17. The van der Waals surface area contributed by atoms with Crippen LogP contribution >= 0.6 is 0 Å². The lowest BCUT2D eigenvalue weighted by Crippen LogP contribution is -2.47. The lowest BCUT2D eigenvalue weighted by Gasteiger charge is -2.37. The van der Waals surface area contributed by atoms with Crippen LogP contribution in [0.4, 0.5) is 24.7 Å². The second-order valence-electron chi connectivity index (χ2n) is 5.96. The Balaban J connectivity index is 1.51. The first-order chi connectivity index (χ1) is 12.0. The monoisotopic (exact) mass is 347 g/mol. The molecule has 0 unspecified atom stereocenters. The van der Waals surface area contributed by atoms with Crippen LogP contribution < -0.4 is 9.80 Å². The highest BCUT2D eigenvalue weighted by molar-refractivity contribution is 5.87. The quantitative estimate of drug-likeness (QED) is 0.773. The van der Waals surface area contributed by atoms with Crippen LogP contribution in [0.25, 0.3) is 11.0 Å². The Labute approximate surface area is 142 Å². The van der Waals surface area contributed by atoms with Gasteiger partial charge in [-0.2, -0.15) is 13.2 Å². The van der Waals surface area contributed by atoms with E-state index in [1.54, 1.807) is 6.07 Å². The minimum Gasteiger partial charge on any atom is -0.368 e. The van der Waals surface area contributed by atoms with Crippen molar-refractivity contribution in [2.75, 3.05) is 36.0 Å². The van der Waals surface area contributed by atoms with Crippen LogP contribution in [-0.2, 0) is 6.18 Å². The van der Waals surface area contributed by atoms with Gasteiger partial charge in [-0.25, -0.2) is 9.97 Å². The maximum absolute atomic E-state index is 12.9. The highest BCUT2D eigenvalue weighted by atomic mass is 19.4. The van der Waals surface area contributed by atoms with Gasteiger partial charge in [0.1, 0.15) is 17.8 Å². The third-order valence-corrected chi connectivity index (χ3v) is 4.45. The van der Waals surface area contributed by atoms with Crippen LogP contribution in [0, 0.1) is 0 Å². The molecule has 0 radical (unpaired) electrons. The van der Waals surface area contributed by atoms with E-state index in [1.807, 2.05) is 17.2 Å². The first kappa shape index (κ1) is 15.7. The molecule has 1 aliphatic rings. The van der Waals surface area contributed by atoms with Gasteiger partial charge in [0.25, 0.3) is 0 Å². The summed E-state index contributed by atoms with van der Waals surface area (Å²) in [6.45, 7) is 2.65. The average Bonchev–Trinajstić information content (AvgIpc) is 3.10. The van der Waals surface area contributed by atoms with E-state index in [9.17, 15) is 13.2 Å². The van der Waals surface area contributed by atoms with Crippen molar-refractivity contribution in [3.05, 3.63) is 48.4 Å². The number of rotatable bonds is 2. The number of benzene rings is 1. The number of nitrogens with one attached hydrogen (secondary N) is 1. The Morgan fingerprint density at radius 2 is 1.72 bits per heavy atom. The van der Waals surface area contributed by atoms with Gasteiger partial charge >= 0.3 is 6.18 Å². The summed E-state index contributed by atoms with van der Waals surface area (Å²) in [7, 11) is 0. The van der Waals surface area contributed by atoms with Gasteiger partial charge in [0.2, 0.25) is 0 Å². The van der Waals surface area contributed by atoms with E-state index < -0.39 is 11.7 Å². The van der Waals surface area contributed by atoms with Crippen molar-refractivity contribution in [1.82, 2.24) is 15.0 Å². The van der Waals surface area contributed by atoms with Gasteiger partial charge in [0.05, 0.1) is 10.9 Å². The van der Waals surface area contributed by atoms with E-state index in [0.29, 0.717) is 31.9 Å².